The van der Waals surface area contributed by atoms with Crippen LogP contribution in [0.15, 0.2) is 28.4 Å². The zero-order valence-corrected chi connectivity index (χ0v) is 17.5. The van der Waals surface area contributed by atoms with E-state index < -0.39 is 11.5 Å². The second-order valence-corrected chi connectivity index (χ2v) is 8.15. The molecule has 6 nitrogen and oxygen atoms in total. The van der Waals surface area contributed by atoms with Crippen LogP contribution in [-0.2, 0) is 16.8 Å². The summed E-state index contributed by atoms with van der Waals surface area (Å²) in [6.07, 6.45) is 1.31. The quantitative estimate of drug-likeness (QED) is 0.670. The summed E-state index contributed by atoms with van der Waals surface area (Å²) in [5, 5.41) is 12.1. The molecule has 2 aromatic heterocycles. The number of carboxylic acid groups (broad SMARTS) is 1. The Kier molecular flexibility index (Phi) is 5.30. The van der Waals surface area contributed by atoms with Crippen LogP contribution in [0.2, 0.25) is 0 Å². The zero-order chi connectivity index (χ0) is 20.6. The first-order chi connectivity index (χ1) is 13.2. The molecule has 3 rings (SSSR count). The van der Waals surface area contributed by atoms with Gasteiger partial charge in [-0.15, -0.1) is 11.3 Å². The Hall–Kier alpha value is -2.67. The summed E-state index contributed by atoms with van der Waals surface area (Å²) in [5.74, 6) is 0.216. The molecule has 0 amide bonds. The number of thiophene rings is 1. The molecule has 0 aliphatic rings. The van der Waals surface area contributed by atoms with Gasteiger partial charge in [0.1, 0.15) is 21.9 Å². The van der Waals surface area contributed by atoms with Crippen molar-refractivity contribution in [3.05, 3.63) is 45.3 Å². The Morgan fingerprint density at radius 3 is 2.64 bits per heavy atom. The van der Waals surface area contributed by atoms with Crippen LogP contribution in [0.5, 0.6) is 5.75 Å². The molecular formula is C21H24N2O4S. The van der Waals surface area contributed by atoms with E-state index in [4.69, 9.17) is 4.74 Å². The van der Waals surface area contributed by atoms with E-state index in [1.54, 1.807) is 7.11 Å². The SMILES string of the molecule is CCCc1nc2scc(-c3ccc(OC)c(C)c3)c2c(=O)n1C(C)(C)C(=O)O. The highest BCUT2D eigenvalue weighted by atomic mass is 32.1. The molecule has 0 saturated carbocycles. The second kappa shape index (κ2) is 7.39. The van der Waals surface area contributed by atoms with Gasteiger partial charge in [0.25, 0.3) is 5.56 Å². The summed E-state index contributed by atoms with van der Waals surface area (Å²) in [5.41, 5.74) is 0.900. The van der Waals surface area contributed by atoms with Gasteiger partial charge < -0.3 is 9.84 Å². The van der Waals surface area contributed by atoms with Crippen molar-refractivity contribution in [3.63, 3.8) is 0 Å². The molecule has 3 aromatic rings. The Labute approximate surface area is 167 Å². The number of fused-ring (bicyclic) bond motifs is 1. The third-order valence-electron chi connectivity index (χ3n) is 4.94. The fourth-order valence-corrected chi connectivity index (χ4v) is 4.31. The molecule has 0 unspecified atom stereocenters. The van der Waals surface area contributed by atoms with Gasteiger partial charge in [-0.05, 0) is 50.5 Å². The van der Waals surface area contributed by atoms with Crippen molar-refractivity contribution in [1.29, 1.82) is 0 Å². The monoisotopic (exact) mass is 400 g/mol. The van der Waals surface area contributed by atoms with Gasteiger partial charge in [-0.2, -0.15) is 0 Å². The normalized spacial score (nSPS) is 11.8. The molecule has 7 heteroatoms. The predicted octanol–water partition coefficient (Wildman–Crippen LogP) is 4.21. The van der Waals surface area contributed by atoms with E-state index in [0.29, 0.717) is 22.5 Å². The minimum atomic E-state index is -1.39. The number of benzene rings is 1. The molecule has 28 heavy (non-hydrogen) atoms. The number of rotatable bonds is 6. The standard InChI is InChI=1S/C21H24N2O4S/c1-6-7-16-22-18-17(19(24)23(16)21(3,4)20(25)26)14(11-28-18)13-8-9-15(27-5)12(2)10-13/h8-11H,6-7H2,1-5H3,(H,25,26). The topological polar surface area (TPSA) is 81.4 Å². The van der Waals surface area contributed by atoms with E-state index in [1.165, 1.54) is 29.8 Å². The largest absolute Gasteiger partial charge is 0.496 e. The van der Waals surface area contributed by atoms with Gasteiger partial charge in [0.05, 0.1) is 12.5 Å². The lowest BCUT2D eigenvalue weighted by Crippen LogP contribution is -2.44. The first-order valence-electron chi connectivity index (χ1n) is 9.14. The maximum Gasteiger partial charge on any atom is 0.329 e. The minimum absolute atomic E-state index is 0.314. The Morgan fingerprint density at radius 2 is 2.07 bits per heavy atom. The number of hydrogen-bond acceptors (Lipinski definition) is 5. The smallest absolute Gasteiger partial charge is 0.329 e. The van der Waals surface area contributed by atoms with Crippen LogP contribution < -0.4 is 10.3 Å². The molecule has 2 heterocycles. The molecular weight excluding hydrogens is 376 g/mol. The lowest BCUT2D eigenvalue weighted by molar-refractivity contribution is -0.146. The van der Waals surface area contributed by atoms with E-state index in [-0.39, 0.29) is 5.56 Å². The summed E-state index contributed by atoms with van der Waals surface area (Å²) < 4.78 is 6.66. The fourth-order valence-electron chi connectivity index (χ4n) is 3.35. The molecule has 0 saturated heterocycles. The van der Waals surface area contributed by atoms with Crippen LogP contribution in [0, 0.1) is 6.92 Å². The third kappa shape index (κ3) is 3.20. The van der Waals surface area contributed by atoms with Gasteiger partial charge in [0.15, 0.2) is 0 Å². The molecule has 1 N–H and O–H groups in total. The average Bonchev–Trinajstić information content (AvgIpc) is 3.06. The summed E-state index contributed by atoms with van der Waals surface area (Å²) in [6, 6.07) is 5.73. The lowest BCUT2D eigenvalue weighted by atomic mass is 10.0. The first kappa shape index (κ1) is 20.1. The summed E-state index contributed by atoms with van der Waals surface area (Å²) in [7, 11) is 1.62. The van der Waals surface area contributed by atoms with E-state index in [1.807, 2.05) is 37.4 Å². The van der Waals surface area contributed by atoms with Crippen LogP contribution in [0.3, 0.4) is 0 Å². The molecule has 0 spiro atoms. The number of carbonyl (C=O) groups is 1. The van der Waals surface area contributed by atoms with Crippen LogP contribution in [0.25, 0.3) is 21.3 Å². The molecule has 1 aromatic carbocycles. The molecule has 0 atom stereocenters. The van der Waals surface area contributed by atoms with Gasteiger partial charge in [-0.25, -0.2) is 9.78 Å². The molecule has 0 radical (unpaired) electrons. The van der Waals surface area contributed by atoms with E-state index in [0.717, 1.165) is 28.9 Å². The molecule has 0 aliphatic heterocycles. The highest BCUT2D eigenvalue weighted by Crippen LogP contribution is 2.34. The summed E-state index contributed by atoms with van der Waals surface area (Å²) in [6.45, 7) is 6.99. The fraction of sp³-hybridized carbons (Fsp3) is 0.381. The van der Waals surface area contributed by atoms with Crippen LogP contribution in [0.4, 0.5) is 0 Å². The van der Waals surface area contributed by atoms with E-state index in [2.05, 4.69) is 4.98 Å². The predicted molar refractivity (Wildman–Crippen MR) is 112 cm³/mol. The van der Waals surface area contributed by atoms with Crippen molar-refractivity contribution in [2.45, 2.75) is 46.1 Å². The first-order valence-corrected chi connectivity index (χ1v) is 10.0. The number of aromatic nitrogens is 2. The number of ether oxygens (including phenoxy) is 1. The van der Waals surface area contributed by atoms with E-state index in [9.17, 15) is 14.7 Å². The highest BCUT2D eigenvalue weighted by molar-refractivity contribution is 7.17. The summed E-state index contributed by atoms with van der Waals surface area (Å²) >= 11 is 1.40. The van der Waals surface area contributed by atoms with Crippen LogP contribution in [0.1, 0.15) is 38.6 Å². The average molecular weight is 401 g/mol. The van der Waals surface area contributed by atoms with Gasteiger partial charge in [-0.1, -0.05) is 13.0 Å². The maximum absolute atomic E-state index is 13.5. The van der Waals surface area contributed by atoms with E-state index >= 15 is 0 Å². The third-order valence-corrected chi connectivity index (χ3v) is 5.81. The van der Waals surface area contributed by atoms with Crippen molar-refractivity contribution < 1.29 is 14.6 Å². The van der Waals surface area contributed by atoms with Gasteiger partial charge in [-0.3, -0.25) is 9.36 Å². The van der Waals surface area contributed by atoms with Crippen molar-refractivity contribution in [3.8, 4) is 16.9 Å². The Bertz CT molecular complexity index is 1110. The van der Waals surface area contributed by atoms with Crippen molar-refractivity contribution in [1.82, 2.24) is 9.55 Å². The van der Waals surface area contributed by atoms with Gasteiger partial charge >= 0.3 is 5.97 Å². The number of hydrogen-bond donors (Lipinski definition) is 1. The van der Waals surface area contributed by atoms with Crippen molar-refractivity contribution in [2.24, 2.45) is 0 Å². The molecule has 0 fully saturated rings. The zero-order valence-electron chi connectivity index (χ0n) is 16.7. The number of methoxy groups -OCH3 is 1. The lowest BCUT2D eigenvalue weighted by Gasteiger charge is -2.25. The molecule has 148 valence electrons. The number of carboxylic acids is 1. The second-order valence-electron chi connectivity index (χ2n) is 7.30. The van der Waals surface area contributed by atoms with Crippen LogP contribution in [-0.4, -0.2) is 27.7 Å². The maximum atomic E-state index is 13.5. The van der Waals surface area contributed by atoms with Crippen LogP contribution >= 0.6 is 11.3 Å². The Morgan fingerprint density at radius 1 is 1.36 bits per heavy atom. The summed E-state index contributed by atoms with van der Waals surface area (Å²) in [4.78, 5) is 30.7. The number of aliphatic carboxylic acids is 1. The molecule has 0 aliphatic carbocycles. The highest BCUT2D eigenvalue weighted by Gasteiger charge is 2.34. The van der Waals surface area contributed by atoms with Gasteiger partial charge in [0, 0.05) is 17.4 Å². The Balaban J connectivity index is 2.33. The van der Waals surface area contributed by atoms with Gasteiger partial charge in [0.2, 0.25) is 0 Å². The minimum Gasteiger partial charge on any atom is -0.496 e. The van der Waals surface area contributed by atoms with Crippen molar-refractivity contribution in [2.75, 3.05) is 7.11 Å². The van der Waals surface area contributed by atoms with Crippen molar-refractivity contribution >= 4 is 27.5 Å². The number of nitrogens with zero attached hydrogens (tertiary/aromatic N) is 2. The number of aryl methyl sites for hydroxylation is 2. The molecule has 0 bridgehead atoms.